The summed E-state index contributed by atoms with van der Waals surface area (Å²) in [6.07, 6.45) is -9.84. The Morgan fingerprint density at radius 2 is 1.64 bits per heavy atom. The van der Waals surface area contributed by atoms with Crippen LogP contribution in [-0.4, -0.2) is 59.7 Å². The van der Waals surface area contributed by atoms with E-state index >= 15 is 0 Å². The maximum atomic E-state index is 14.2. The first-order valence-corrected chi connectivity index (χ1v) is 12.5. The van der Waals surface area contributed by atoms with Gasteiger partial charge in [-0.2, -0.15) is 26.3 Å². The summed E-state index contributed by atoms with van der Waals surface area (Å²) in [7, 11) is 0. The van der Waals surface area contributed by atoms with Crippen LogP contribution in [0.25, 0.3) is 0 Å². The van der Waals surface area contributed by atoms with E-state index in [1.54, 1.807) is 17.9 Å². The van der Waals surface area contributed by atoms with Crippen molar-refractivity contribution in [1.29, 1.82) is 0 Å². The van der Waals surface area contributed by atoms with Crippen molar-refractivity contribution in [3.8, 4) is 0 Å². The van der Waals surface area contributed by atoms with Crippen LogP contribution in [0, 0.1) is 0 Å². The van der Waals surface area contributed by atoms with Gasteiger partial charge in [-0.3, -0.25) is 9.78 Å². The number of hydrogen-bond acceptors (Lipinski definition) is 4. The number of aromatic nitrogens is 1. The molecule has 1 aromatic heterocycles. The Hall–Kier alpha value is -2.34. The van der Waals surface area contributed by atoms with Crippen LogP contribution in [0.15, 0.2) is 42.6 Å². The van der Waals surface area contributed by atoms with E-state index in [-0.39, 0.29) is 23.2 Å². The molecule has 1 saturated heterocycles. The number of anilines is 1. The van der Waals surface area contributed by atoms with Gasteiger partial charge < -0.3 is 14.5 Å². The Balaban J connectivity index is 2.01. The number of hydrogen-bond donors (Lipinski definition) is 0. The fourth-order valence-electron chi connectivity index (χ4n) is 4.17. The Morgan fingerprint density at radius 3 is 2.17 bits per heavy atom. The molecule has 1 aliphatic rings. The van der Waals surface area contributed by atoms with E-state index < -0.39 is 30.3 Å². The average molecular weight is 582 g/mol. The molecule has 0 spiro atoms. The van der Waals surface area contributed by atoms with Crippen LogP contribution in [0.1, 0.15) is 30.2 Å². The summed E-state index contributed by atoms with van der Waals surface area (Å²) in [5.41, 5.74) is -4.93. The first-order chi connectivity index (χ1) is 16.9. The lowest BCUT2D eigenvalue weighted by molar-refractivity contribution is -0.394. The molecule has 2 heterocycles. The third-order valence-electron chi connectivity index (χ3n) is 6.03. The van der Waals surface area contributed by atoms with E-state index in [0.717, 1.165) is 12.3 Å². The van der Waals surface area contributed by atoms with Crippen molar-refractivity contribution in [1.82, 2.24) is 9.88 Å². The summed E-state index contributed by atoms with van der Waals surface area (Å²) >= 11 is 3.12. The van der Waals surface area contributed by atoms with Gasteiger partial charge in [-0.15, -0.1) is 0 Å². The van der Waals surface area contributed by atoms with Crippen molar-refractivity contribution in [3.63, 3.8) is 0 Å². The number of aryl methyl sites for hydroxylation is 1. The highest BCUT2D eigenvalue weighted by molar-refractivity contribution is 9.09. The molecule has 5 nitrogen and oxygen atoms in total. The zero-order valence-electron chi connectivity index (χ0n) is 19.5. The fourth-order valence-corrected chi connectivity index (χ4v) is 4.53. The third-order valence-corrected chi connectivity index (χ3v) is 6.51. The molecule has 0 saturated carbocycles. The average Bonchev–Trinajstić information content (AvgIpc) is 2.83. The second kappa shape index (κ2) is 11.4. The number of rotatable bonds is 8. The smallest absolute Gasteiger partial charge is 0.367 e. The number of benzene rings is 1. The zero-order chi connectivity index (χ0) is 26.6. The van der Waals surface area contributed by atoms with Gasteiger partial charge >= 0.3 is 18.0 Å². The number of carbonyl (C=O) groups is 1. The van der Waals surface area contributed by atoms with Gasteiger partial charge in [0.1, 0.15) is 0 Å². The van der Waals surface area contributed by atoms with Crippen molar-refractivity contribution in [2.24, 2.45) is 0 Å². The number of pyridine rings is 1. The Kier molecular flexibility index (Phi) is 8.92. The predicted molar refractivity (Wildman–Crippen MR) is 126 cm³/mol. The van der Waals surface area contributed by atoms with Crippen molar-refractivity contribution in [2.45, 2.75) is 44.3 Å². The maximum absolute atomic E-state index is 14.2. The number of carbonyl (C=O) groups excluding carboxylic acids is 1. The largest absolute Gasteiger partial charge is 0.432 e. The van der Waals surface area contributed by atoms with E-state index in [0.29, 0.717) is 43.9 Å². The van der Waals surface area contributed by atoms with Crippen LogP contribution >= 0.6 is 15.9 Å². The van der Waals surface area contributed by atoms with E-state index in [9.17, 15) is 31.1 Å². The van der Waals surface area contributed by atoms with Crippen molar-refractivity contribution >= 4 is 27.5 Å². The predicted octanol–water partition coefficient (Wildman–Crippen LogP) is 5.61. The minimum absolute atomic E-state index is 0.0902. The number of alkyl halides is 7. The second-order valence-electron chi connectivity index (χ2n) is 8.40. The van der Waals surface area contributed by atoms with Crippen molar-refractivity contribution in [3.05, 3.63) is 59.4 Å². The highest BCUT2D eigenvalue weighted by Crippen LogP contribution is 2.53. The maximum Gasteiger partial charge on any atom is 0.432 e. The van der Waals surface area contributed by atoms with Crippen molar-refractivity contribution < 1.29 is 35.9 Å². The van der Waals surface area contributed by atoms with E-state index in [1.807, 2.05) is 4.90 Å². The Labute approximate surface area is 213 Å². The van der Waals surface area contributed by atoms with Crippen molar-refractivity contribution in [2.75, 3.05) is 36.4 Å². The molecule has 0 atom stereocenters. The quantitative estimate of drug-likeness (QED) is 0.300. The topological polar surface area (TPSA) is 45.7 Å². The summed E-state index contributed by atoms with van der Waals surface area (Å²) in [6, 6.07) is 8.23. The van der Waals surface area contributed by atoms with Gasteiger partial charge in [0.15, 0.2) is 0 Å². The van der Waals surface area contributed by atoms with Gasteiger partial charge in [0.25, 0.3) is 0 Å². The molecule has 0 bridgehead atoms. The normalized spacial score (nSPS) is 15.3. The molecule has 1 amide bonds. The molecule has 1 aromatic carbocycles. The van der Waals surface area contributed by atoms with Gasteiger partial charge in [0, 0.05) is 26.2 Å². The number of amides is 1. The highest BCUT2D eigenvalue weighted by Gasteiger charge is 2.74. The van der Waals surface area contributed by atoms with Gasteiger partial charge in [0.05, 0.1) is 29.5 Å². The summed E-state index contributed by atoms with van der Waals surface area (Å²) in [4.78, 5) is 19.1. The second-order valence-corrected chi connectivity index (χ2v) is 8.96. The number of ether oxygens (including phenoxy) is 1. The van der Waals surface area contributed by atoms with Crippen LogP contribution in [0.3, 0.4) is 0 Å². The lowest BCUT2D eigenvalue weighted by atomic mass is 9.93. The lowest BCUT2D eigenvalue weighted by Gasteiger charge is -2.38. The number of piperazine rings is 1. The summed E-state index contributed by atoms with van der Waals surface area (Å²) in [6.45, 7) is 2.40. The van der Waals surface area contributed by atoms with Gasteiger partial charge in [-0.1, -0.05) is 59.6 Å². The molecule has 0 radical (unpaired) electrons. The van der Waals surface area contributed by atoms with Gasteiger partial charge in [-0.05, 0) is 23.6 Å². The number of halogens is 7. The highest BCUT2D eigenvalue weighted by atomic mass is 79.9. The number of nitrogens with zero attached hydrogens (tertiary/aromatic N) is 3. The monoisotopic (exact) mass is 581 g/mol. The van der Waals surface area contributed by atoms with Gasteiger partial charge in [-0.25, -0.2) is 0 Å². The fraction of sp³-hybridized carbons (Fsp3) is 0.500. The molecule has 12 heteroatoms. The molecule has 3 rings (SSSR count). The molecular weight excluding hydrogens is 556 g/mol. The molecule has 0 aliphatic carbocycles. The molecule has 36 heavy (non-hydrogen) atoms. The molecular formula is C24H26BrF6N3O2. The van der Waals surface area contributed by atoms with Gasteiger partial charge in [0.2, 0.25) is 5.91 Å². The molecule has 198 valence electrons. The SMILES string of the molecule is CCCc1cc(C(OCc2ccccc2)(C(F)(F)F)C(F)(F)F)ncc1N1CCN(C(=O)CBr)CC1. The Bertz CT molecular complexity index is 1010. The van der Waals surface area contributed by atoms with Crippen LogP contribution in [0.2, 0.25) is 0 Å². The summed E-state index contributed by atoms with van der Waals surface area (Å²) in [5, 5.41) is 0.171. The molecule has 1 fully saturated rings. The van der Waals surface area contributed by atoms with Crippen LogP contribution < -0.4 is 4.90 Å². The van der Waals surface area contributed by atoms with Crippen LogP contribution in [0.5, 0.6) is 0 Å². The molecule has 2 aromatic rings. The first kappa shape index (κ1) is 28.2. The standard InChI is InChI=1S/C24H26BrF6N3O2/c1-2-6-18-13-20(32-15-19(18)33-9-11-34(12-10-33)21(35)14-25)22(23(26,27)28,24(29,30)31)36-16-17-7-4-3-5-8-17/h3-5,7-8,13,15H,2,6,9-12,14,16H2,1H3. The van der Waals surface area contributed by atoms with E-state index in [4.69, 9.17) is 4.74 Å². The van der Waals surface area contributed by atoms with E-state index in [1.165, 1.54) is 24.3 Å². The van der Waals surface area contributed by atoms with E-state index in [2.05, 4.69) is 20.9 Å². The molecule has 0 N–H and O–H groups in total. The zero-order valence-corrected chi connectivity index (χ0v) is 21.1. The summed E-state index contributed by atoms with van der Waals surface area (Å²) < 4.78 is 90.2. The van der Waals surface area contributed by atoms with Crippen LogP contribution in [0.4, 0.5) is 32.0 Å². The molecule has 0 unspecified atom stereocenters. The molecule has 1 aliphatic heterocycles. The minimum Gasteiger partial charge on any atom is -0.367 e. The summed E-state index contributed by atoms with van der Waals surface area (Å²) in [5.74, 6) is -0.0902. The lowest BCUT2D eigenvalue weighted by Crippen LogP contribution is -2.56. The van der Waals surface area contributed by atoms with Crippen LogP contribution in [-0.2, 0) is 28.2 Å². The first-order valence-electron chi connectivity index (χ1n) is 11.3. The minimum atomic E-state index is -5.82. The Morgan fingerprint density at radius 1 is 1.03 bits per heavy atom. The third kappa shape index (κ3) is 5.80.